The van der Waals surface area contributed by atoms with Crippen molar-refractivity contribution < 1.29 is 9.53 Å². The number of piperidine rings is 1. The average Bonchev–Trinajstić information content (AvgIpc) is 2.75. The number of nitrogens with one attached hydrogen (secondary N) is 2. The standard InChI is InChI=1S/C22H27N3O2S.2ClH/c1-25-20-10-16(21(27-2)11-17(20)14-28-22(25)26)13-24-19-8-4-3-7-18(19)15-6-5-9-23-12-15;;/h3-4,7-8,10-11,15,23-24H,5-6,9,12-14H2,1-2H3;2*1H/t15-;;/m1../s1. The number of para-hydroxylation sites is 1. The molecule has 0 radical (unpaired) electrons. The van der Waals surface area contributed by atoms with Crippen LogP contribution in [0.15, 0.2) is 36.4 Å². The van der Waals surface area contributed by atoms with Gasteiger partial charge in [0.05, 0.1) is 7.11 Å². The van der Waals surface area contributed by atoms with Crippen molar-refractivity contribution in [2.75, 3.05) is 37.5 Å². The van der Waals surface area contributed by atoms with E-state index in [9.17, 15) is 4.79 Å². The summed E-state index contributed by atoms with van der Waals surface area (Å²) in [6, 6.07) is 12.7. The minimum atomic E-state index is 0. The lowest BCUT2D eigenvalue weighted by Gasteiger charge is -2.27. The van der Waals surface area contributed by atoms with Crippen LogP contribution in [0.2, 0.25) is 0 Å². The van der Waals surface area contributed by atoms with Gasteiger partial charge >= 0.3 is 0 Å². The molecule has 2 aromatic rings. The fourth-order valence-electron chi connectivity index (χ4n) is 4.07. The minimum Gasteiger partial charge on any atom is -0.496 e. The van der Waals surface area contributed by atoms with Gasteiger partial charge in [0.25, 0.3) is 5.24 Å². The van der Waals surface area contributed by atoms with Gasteiger partial charge in [-0.25, -0.2) is 0 Å². The van der Waals surface area contributed by atoms with Gasteiger partial charge in [0.1, 0.15) is 5.75 Å². The van der Waals surface area contributed by atoms with Gasteiger partial charge in [-0.1, -0.05) is 30.0 Å². The Morgan fingerprint density at radius 1 is 1.27 bits per heavy atom. The van der Waals surface area contributed by atoms with Crippen molar-refractivity contribution >= 4 is 53.2 Å². The Morgan fingerprint density at radius 2 is 2.07 bits per heavy atom. The lowest BCUT2D eigenvalue weighted by atomic mass is 9.90. The molecule has 5 nitrogen and oxygen atoms in total. The van der Waals surface area contributed by atoms with Crippen molar-refractivity contribution in [3.63, 3.8) is 0 Å². The molecule has 2 N–H and O–H groups in total. The molecule has 0 unspecified atom stereocenters. The number of halogens is 2. The predicted molar refractivity (Wildman–Crippen MR) is 131 cm³/mol. The quantitative estimate of drug-likeness (QED) is 0.611. The molecule has 1 amide bonds. The predicted octanol–water partition coefficient (Wildman–Crippen LogP) is 5.42. The van der Waals surface area contributed by atoms with E-state index < -0.39 is 0 Å². The molecule has 2 aliphatic rings. The van der Waals surface area contributed by atoms with Crippen molar-refractivity contribution in [3.8, 4) is 5.75 Å². The Balaban J connectivity index is 0.00000160. The van der Waals surface area contributed by atoms with Gasteiger partial charge < -0.3 is 20.3 Å². The topological polar surface area (TPSA) is 53.6 Å². The number of amides is 1. The highest BCUT2D eigenvalue weighted by Gasteiger charge is 2.24. The van der Waals surface area contributed by atoms with E-state index >= 15 is 0 Å². The molecule has 2 aliphatic heterocycles. The first-order valence-electron chi connectivity index (χ1n) is 9.81. The van der Waals surface area contributed by atoms with E-state index in [1.54, 1.807) is 12.0 Å². The minimum absolute atomic E-state index is 0. The van der Waals surface area contributed by atoms with Crippen LogP contribution in [-0.2, 0) is 12.3 Å². The zero-order valence-electron chi connectivity index (χ0n) is 17.3. The number of carbonyl (C=O) groups excluding carboxylic acids is 1. The van der Waals surface area contributed by atoms with Gasteiger partial charge in [-0.2, -0.15) is 0 Å². The van der Waals surface area contributed by atoms with E-state index in [0.29, 0.717) is 18.2 Å². The largest absolute Gasteiger partial charge is 0.496 e. The van der Waals surface area contributed by atoms with Gasteiger partial charge in [0.15, 0.2) is 0 Å². The number of ether oxygens (including phenoxy) is 1. The maximum absolute atomic E-state index is 12.1. The zero-order chi connectivity index (χ0) is 19.5. The third-order valence-corrected chi connectivity index (χ3v) is 6.61. The van der Waals surface area contributed by atoms with Crippen molar-refractivity contribution in [3.05, 3.63) is 53.1 Å². The van der Waals surface area contributed by atoms with Crippen LogP contribution in [0.25, 0.3) is 0 Å². The van der Waals surface area contributed by atoms with Gasteiger partial charge in [-0.05, 0) is 54.6 Å². The molecule has 0 aromatic heterocycles. The number of methoxy groups -OCH3 is 1. The summed E-state index contributed by atoms with van der Waals surface area (Å²) in [5.74, 6) is 2.11. The van der Waals surface area contributed by atoms with Crippen LogP contribution in [0.4, 0.5) is 16.2 Å². The Kier molecular flexibility index (Phi) is 9.16. The summed E-state index contributed by atoms with van der Waals surface area (Å²) >= 11 is 1.33. The molecule has 4 rings (SSSR count). The Labute approximate surface area is 195 Å². The van der Waals surface area contributed by atoms with Crippen LogP contribution in [0.3, 0.4) is 0 Å². The van der Waals surface area contributed by atoms with Crippen LogP contribution in [-0.4, -0.2) is 32.5 Å². The SMILES string of the molecule is COc1cc2c(cc1CNc1ccccc1[C@@H]1CCCNC1)N(C)C(=O)SC2.Cl.Cl. The third-order valence-electron chi connectivity index (χ3n) is 5.63. The van der Waals surface area contributed by atoms with E-state index in [0.717, 1.165) is 35.7 Å². The summed E-state index contributed by atoms with van der Waals surface area (Å²) in [7, 11) is 3.54. The molecule has 8 heteroatoms. The second kappa shape index (κ2) is 11.1. The molecule has 0 bridgehead atoms. The van der Waals surface area contributed by atoms with E-state index in [2.05, 4.69) is 47.0 Å². The van der Waals surface area contributed by atoms with Crippen molar-refractivity contribution in [2.24, 2.45) is 0 Å². The molecule has 0 saturated carbocycles. The molecule has 1 fully saturated rings. The summed E-state index contributed by atoms with van der Waals surface area (Å²) < 4.78 is 5.65. The summed E-state index contributed by atoms with van der Waals surface area (Å²) in [5.41, 5.74) is 5.73. The molecule has 164 valence electrons. The van der Waals surface area contributed by atoms with E-state index in [1.165, 1.54) is 35.9 Å². The fraction of sp³-hybridized carbons (Fsp3) is 0.409. The van der Waals surface area contributed by atoms with E-state index in [-0.39, 0.29) is 30.1 Å². The van der Waals surface area contributed by atoms with E-state index in [1.807, 2.05) is 7.05 Å². The number of anilines is 2. The second-order valence-corrected chi connectivity index (χ2v) is 8.32. The van der Waals surface area contributed by atoms with Crippen LogP contribution >= 0.6 is 36.6 Å². The molecule has 2 heterocycles. The first kappa shape index (κ1) is 24.7. The number of rotatable bonds is 5. The lowest BCUT2D eigenvalue weighted by molar-refractivity contribution is 0.266. The number of nitrogens with zero attached hydrogens (tertiary/aromatic N) is 1. The normalized spacial score (nSPS) is 18.0. The highest BCUT2D eigenvalue weighted by atomic mass is 35.5. The van der Waals surface area contributed by atoms with Gasteiger partial charge in [-0.15, -0.1) is 24.8 Å². The maximum atomic E-state index is 12.1. The monoisotopic (exact) mass is 469 g/mol. The van der Waals surface area contributed by atoms with E-state index in [4.69, 9.17) is 4.74 Å². The van der Waals surface area contributed by atoms with Crippen LogP contribution in [0.1, 0.15) is 35.4 Å². The van der Waals surface area contributed by atoms with Crippen LogP contribution < -0.4 is 20.3 Å². The summed E-state index contributed by atoms with van der Waals surface area (Å²) in [5, 5.41) is 7.22. The Bertz CT molecular complexity index is 875. The van der Waals surface area contributed by atoms with Gasteiger partial charge in [0, 0.05) is 42.8 Å². The molecule has 30 heavy (non-hydrogen) atoms. The molecule has 0 spiro atoms. The van der Waals surface area contributed by atoms with Crippen molar-refractivity contribution in [1.82, 2.24) is 5.32 Å². The summed E-state index contributed by atoms with van der Waals surface area (Å²) in [6.07, 6.45) is 2.44. The van der Waals surface area contributed by atoms with Crippen LogP contribution in [0, 0.1) is 0 Å². The lowest BCUT2D eigenvalue weighted by Crippen LogP contribution is -2.28. The number of thioether (sulfide) groups is 1. The number of hydrogen-bond acceptors (Lipinski definition) is 5. The average molecular weight is 470 g/mol. The van der Waals surface area contributed by atoms with Gasteiger partial charge in [-0.3, -0.25) is 4.79 Å². The first-order chi connectivity index (χ1) is 13.7. The first-order valence-corrected chi connectivity index (χ1v) is 10.8. The molecule has 0 aliphatic carbocycles. The maximum Gasteiger partial charge on any atom is 0.286 e. The number of fused-ring (bicyclic) bond motifs is 1. The van der Waals surface area contributed by atoms with Gasteiger partial charge in [0.2, 0.25) is 0 Å². The molecule has 1 atom stereocenters. The highest BCUT2D eigenvalue weighted by molar-refractivity contribution is 8.13. The number of hydrogen-bond donors (Lipinski definition) is 2. The highest BCUT2D eigenvalue weighted by Crippen LogP contribution is 2.37. The Hall–Kier alpha value is -1.60. The molecule has 1 saturated heterocycles. The fourth-order valence-corrected chi connectivity index (χ4v) is 4.87. The zero-order valence-corrected chi connectivity index (χ0v) is 19.7. The Morgan fingerprint density at radius 3 is 2.80 bits per heavy atom. The van der Waals surface area contributed by atoms with Crippen molar-refractivity contribution in [2.45, 2.75) is 31.1 Å². The number of benzene rings is 2. The van der Waals surface area contributed by atoms with Crippen LogP contribution in [0.5, 0.6) is 5.75 Å². The summed E-state index contributed by atoms with van der Waals surface area (Å²) in [6.45, 7) is 2.80. The molecular formula is C22H29Cl2N3O2S. The number of carbonyl (C=O) groups is 1. The molecular weight excluding hydrogens is 441 g/mol. The third kappa shape index (κ3) is 5.17. The summed E-state index contributed by atoms with van der Waals surface area (Å²) in [4.78, 5) is 13.8. The smallest absolute Gasteiger partial charge is 0.286 e. The van der Waals surface area contributed by atoms with Crippen molar-refractivity contribution in [1.29, 1.82) is 0 Å². The molecule has 2 aromatic carbocycles. The second-order valence-electron chi connectivity index (χ2n) is 7.39.